The Bertz CT molecular complexity index is 746. The third-order valence-electron chi connectivity index (χ3n) is 4.05. The van der Waals surface area contributed by atoms with Gasteiger partial charge in [0.1, 0.15) is 28.5 Å². The van der Waals surface area contributed by atoms with Gasteiger partial charge >= 0.3 is 0 Å². The van der Waals surface area contributed by atoms with Crippen molar-refractivity contribution in [3.63, 3.8) is 0 Å². The number of ether oxygens (including phenoxy) is 2. The predicted octanol–water partition coefficient (Wildman–Crippen LogP) is 0.638. The van der Waals surface area contributed by atoms with Crippen LogP contribution in [0.15, 0.2) is 12.7 Å². The van der Waals surface area contributed by atoms with Crippen LogP contribution >= 0.6 is 12.2 Å². The molecule has 1 fully saturated rings. The van der Waals surface area contributed by atoms with Gasteiger partial charge in [-0.15, -0.1) is 0 Å². The summed E-state index contributed by atoms with van der Waals surface area (Å²) in [4.78, 5) is 8.77. The summed E-state index contributed by atoms with van der Waals surface area (Å²) in [5.74, 6) is 0. The summed E-state index contributed by atoms with van der Waals surface area (Å²) in [5.41, 5.74) is 1.18. The number of imidazole rings is 1. The molecule has 3 rings (SSSR count). The molecule has 0 unspecified atom stereocenters. The highest BCUT2D eigenvalue weighted by Gasteiger charge is 2.45. The van der Waals surface area contributed by atoms with Crippen molar-refractivity contribution in [2.75, 3.05) is 13.7 Å². The lowest BCUT2D eigenvalue weighted by molar-refractivity contribution is -0.0583. The van der Waals surface area contributed by atoms with E-state index in [4.69, 9.17) is 21.7 Å². The molecule has 23 heavy (non-hydrogen) atoms. The van der Waals surface area contributed by atoms with E-state index < -0.39 is 24.5 Å². The molecule has 3 heterocycles. The summed E-state index contributed by atoms with van der Waals surface area (Å²) < 4.78 is 15.2. The van der Waals surface area contributed by atoms with Crippen molar-refractivity contribution < 1.29 is 19.7 Å². The Kier molecular flexibility index (Phi) is 4.74. The van der Waals surface area contributed by atoms with Gasteiger partial charge in [-0.2, -0.15) is 0 Å². The Hall–Kier alpha value is -1.39. The maximum absolute atomic E-state index is 10.2. The van der Waals surface area contributed by atoms with Crippen LogP contribution in [0.1, 0.15) is 19.6 Å². The van der Waals surface area contributed by atoms with Crippen LogP contribution in [-0.4, -0.2) is 61.3 Å². The second-order valence-corrected chi connectivity index (χ2v) is 5.89. The molecule has 4 atom stereocenters. The maximum atomic E-state index is 10.2. The van der Waals surface area contributed by atoms with Gasteiger partial charge in [0.05, 0.1) is 19.3 Å². The van der Waals surface area contributed by atoms with E-state index >= 15 is 0 Å². The zero-order valence-electron chi connectivity index (χ0n) is 13.0. The Morgan fingerprint density at radius 3 is 2.83 bits per heavy atom. The third kappa shape index (κ3) is 2.68. The lowest BCUT2D eigenvalue weighted by atomic mass is 10.1. The molecular weight excluding hydrogens is 320 g/mol. The largest absolute Gasteiger partial charge is 0.394 e. The van der Waals surface area contributed by atoms with E-state index in [1.807, 2.05) is 4.57 Å². The zero-order valence-corrected chi connectivity index (χ0v) is 13.8. The summed E-state index contributed by atoms with van der Waals surface area (Å²) in [6.45, 7) is 2.55. The quantitative estimate of drug-likeness (QED) is 0.771. The van der Waals surface area contributed by atoms with Crippen molar-refractivity contribution in [3.8, 4) is 0 Å². The van der Waals surface area contributed by atoms with Gasteiger partial charge in [0.15, 0.2) is 11.9 Å². The number of nitrogens with zero attached hydrogens (tertiary/aromatic N) is 4. The van der Waals surface area contributed by atoms with Crippen molar-refractivity contribution in [2.24, 2.45) is 0 Å². The van der Waals surface area contributed by atoms with Gasteiger partial charge in [-0.25, -0.2) is 9.97 Å². The van der Waals surface area contributed by atoms with Gasteiger partial charge in [0.2, 0.25) is 0 Å². The van der Waals surface area contributed by atoms with Crippen LogP contribution < -0.4 is 0 Å². The Morgan fingerprint density at radius 1 is 1.39 bits per heavy atom. The number of aliphatic hydroxyl groups is 2. The first-order chi connectivity index (χ1) is 11.1. The molecule has 9 heteroatoms. The molecule has 1 aliphatic rings. The lowest BCUT2D eigenvalue weighted by Crippen LogP contribution is -2.34. The zero-order chi connectivity index (χ0) is 16.6. The van der Waals surface area contributed by atoms with Crippen molar-refractivity contribution in [3.05, 3.63) is 17.3 Å². The molecule has 126 valence electrons. The standard InChI is InChI=1S/C14H20N4O4S/c1-3-4-17-6-16-12-9(14(17)23)15-7-18(12)13-11(21-2)10(20)8(5-19)22-13/h6-8,10-11,13,19-20H,3-5H2,1-2H3/t8-,10-,11-,13-/m1/s1. The van der Waals surface area contributed by atoms with E-state index in [0.717, 1.165) is 13.0 Å². The monoisotopic (exact) mass is 340 g/mol. The number of fused-ring (bicyclic) bond motifs is 1. The second kappa shape index (κ2) is 6.62. The molecule has 2 aromatic rings. The summed E-state index contributed by atoms with van der Waals surface area (Å²) >= 11 is 5.46. The van der Waals surface area contributed by atoms with E-state index in [0.29, 0.717) is 15.8 Å². The molecule has 1 saturated heterocycles. The molecule has 8 nitrogen and oxygen atoms in total. The lowest BCUT2D eigenvalue weighted by Gasteiger charge is -2.20. The summed E-state index contributed by atoms with van der Waals surface area (Å²) in [5, 5.41) is 19.5. The number of methoxy groups -OCH3 is 1. The van der Waals surface area contributed by atoms with E-state index in [2.05, 4.69) is 16.9 Å². The Labute approximate surface area is 138 Å². The van der Waals surface area contributed by atoms with Crippen LogP contribution in [0.2, 0.25) is 0 Å². The van der Waals surface area contributed by atoms with Gasteiger partial charge in [0.25, 0.3) is 0 Å². The van der Waals surface area contributed by atoms with Gasteiger partial charge in [-0.05, 0) is 6.42 Å². The molecule has 0 spiro atoms. The molecule has 0 aliphatic carbocycles. The molecule has 2 N–H and O–H groups in total. The highest BCUT2D eigenvalue weighted by molar-refractivity contribution is 7.71. The fourth-order valence-corrected chi connectivity index (χ4v) is 3.16. The number of hydrogen-bond donors (Lipinski definition) is 2. The topological polar surface area (TPSA) is 94.6 Å². The van der Waals surface area contributed by atoms with Crippen molar-refractivity contribution in [1.29, 1.82) is 0 Å². The third-order valence-corrected chi connectivity index (χ3v) is 4.48. The highest BCUT2D eigenvalue weighted by Crippen LogP contribution is 2.33. The molecule has 1 aliphatic heterocycles. The van der Waals surface area contributed by atoms with E-state index in [1.54, 1.807) is 17.2 Å². The SMILES string of the molecule is CCCn1cnc2c(ncn2[C@@H]2O[C@H](CO)[C@@H](O)[C@H]2OC)c1=S. The first-order valence-corrected chi connectivity index (χ1v) is 7.92. The summed E-state index contributed by atoms with van der Waals surface area (Å²) in [6.07, 6.45) is 1.33. The number of rotatable bonds is 5. The normalized spacial score (nSPS) is 27.8. The van der Waals surface area contributed by atoms with Crippen LogP contribution in [-0.2, 0) is 16.0 Å². The van der Waals surface area contributed by atoms with Gasteiger partial charge in [-0.1, -0.05) is 19.1 Å². The number of hydrogen-bond acceptors (Lipinski definition) is 7. The van der Waals surface area contributed by atoms with Crippen LogP contribution in [0, 0.1) is 4.64 Å². The van der Waals surface area contributed by atoms with Gasteiger partial charge in [-0.3, -0.25) is 4.57 Å². The number of aromatic nitrogens is 4. The van der Waals surface area contributed by atoms with Gasteiger partial charge < -0.3 is 24.3 Å². The summed E-state index contributed by atoms with van der Waals surface area (Å²) in [7, 11) is 1.49. The maximum Gasteiger partial charge on any atom is 0.166 e. The van der Waals surface area contributed by atoms with E-state index in [9.17, 15) is 10.2 Å². The fourth-order valence-electron chi connectivity index (χ4n) is 2.88. The van der Waals surface area contributed by atoms with Crippen molar-refractivity contribution in [1.82, 2.24) is 19.1 Å². The van der Waals surface area contributed by atoms with E-state index in [1.165, 1.54) is 7.11 Å². The predicted molar refractivity (Wildman–Crippen MR) is 84.4 cm³/mol. The first kappa shape index (κ1) is 16.5. The Morgan fingerprint density at radius 2 is 2.17 bits per heavy atom. The van der Waals surface area contributed by atoms with Crippen molar-refractivity contribution in [2.45, 2.75) is 44.4 Å². The molecule has 0 aromatic carbocycles. The Balaban J connectivity index is 2.04. The summed E-state index contributed by atoms with van der Waals surface area (Å²) in [6, 6.07) is 0. The highest BCUT2D eigenvalue weighted by atomic mass is 32.1. The molecular formula is C14H20N4O4S. The first-order valence-electron chi connectivity index (χ1n) is 7.51. The smallest absolute Gasteiger partial charge is 0.166 e. The molecule has 0 bridgehead atoms. The van der Waals surface area contributed by atoms with Crippen molar-refractivity contribution >= 4 is 23.4 Å². The van der Waals surface area contributed by atoms with Crippen LogP contribution in [0.3, 0.4) is 0 Å². The van der Waals surface area contributed by atoms with Crippen LogP contribution in [0.25, 0.3) is 11.2 Å². The second-order valence-electron chi connectivity index (χ2n) is 5.51. The minimum absolute atomic E-state index is 0.291. The van der Waals surface area contributed by atoms with E-state index in [-0.39, 0.29) is 6.61 Å². The van der Waals surface area contributed by atoms with Crippen LogP contribution in [0.4, 0.5) is 0 Å². The molecule has 0 radical (unpaired) electrons. The number of aryl methyl sites for hydroxylation is 1. The fraction of sp³-hybridized carbons (Fsp3) is 0.643. The average Bonchev–Trinajstić information content (AvgIpc) is 3.11. The molecule has 2 aromatic heterocycles. The average molecular weight is 340 g/mol. The molecule has 0 amide bonds. The van der Waals surface area contributed by atoms with Crippen LogP contribution in [0.5, 0.6) is 0 Å². The minimum Gasteiger partial charge on any atom is -0.394 e. The molecule has 0 saturated carbocycles. The number of aliphatic hydroxyl groups excluding tert-OH is 2. The minimum atomic E-state index is -0.927. The van der Waals surface area contributed by atoms with Gasteiger partial charge in [0, 0.05) is 13.7 Å².